The van der Waals surface area contributed by atoms with Gasteiger partial charge in [-0.05, 0) is 67.8 Å². The number of carbonyl (C=O) groups excluding carboxylic acids is 1. The first kappa shape index (κ1) is 24.4. The Morgan fingerprint density at radius 2 is 1.81 bits per heavy atom. The van der Waals surface area contributed by atoms with Crippen LogP contribution in [0.15, 0.2) is 68.6 Å². The van der Waals surface area contributed by atoms with Crippen LogP contribution in [0.25, 0.3) is 0 Å². The highest BCUT2D eigenvalue weighted by Gasteiger charge is 2.17. The van der Waals surface area contributed by atoms with Crippen LogP contribution in [0.3, 0.4) is 0 Å². The van der Waals surface area contributed by atoms with Gasteiger partial charge in [0.25, 0.3) is 0 Å². The molecule has 10 heteroatoms. The third-order valence-electron chi connectivity index (χ3n) is 4.14. The molecule has 0 saturated heterocycles. The maximum absolute atomic E-state index is 12.0. The highest BCUT2D eigenvalue weighted by atomic mass is 79.9. The molecule has 0 heterocycles. The van der Waals surface area contributed by atoms with Crippen LogP contribution in [0, 0.1) is 0 Å². The predicted molar refractivity (Wildman–Crippen MR) is 135 cm³/mol. The van der Waals surface area contributed by atoms with Gasteiger partial charge in [0, 0.05) is 15.7 Å². The Bertz CT molecular complexity index is 1150. The predicted octanol–water partition coefficient (Wildman–Crippen LogP) is 7.26. The van der Waals surface area contributed by atoms with Gasteiger partial charge in [-0.25, -0.2) is 10.2 Å². The third kappa shape index (κ3) is 6.38. The summed E-state index contributed by atoms with van der Waals surface area (Å²) in [6, 6.07) is 15.6. The zero-order valence-electron chi connectivity index (χ0n) is 16.7. The maximum Gasteiger partial charge on any atom is 0.339 e. The van der Waals surface area contributed by atoms with Gasteiger partial charge in [-0.3, -0.25) is 0 Å². The van der Waals surface area contributed by atoms with Crippen LogP contribution in [0.1, 0.15) is 11.1 Å². The van der Waals surface area contributed by atoms with Crippen LogP contribution >= 0.6 is 55.1 Å². The number of nitrogens with zero attached hydrogens (tertiary/aromatic N) is 1. The van der Waals surface area contributed by atoms with E-state index >= 15 is 0 Å². The second-order valence-corrected chi connectivity index (χ2v) is 8.75. The summed E-state index contributed by atoms with van der Waals surface area (Å²) >= 11 is 19.1. The van der Waals surface area contributed by atoms with Gasteiger partial charge >= 0.3 is 6.03 Å². The number of halogens is 4. The lowest BCUT2D eigenvalue weighted by atomic mass is 10.2. The number of urea groups is 1. The van der Waals surface area contributed by atoms with Gasteiger partial charge in [-0.2, -0.15) is 5.10 Å². The zero-order chi connectivity index (χ0) is 23.1. The Labute approximate surface area is 212 Å². The Hall–Kier alpha value is -2.26. The Kier molecular flexibility index (Phi) is 8.81. The molecule has 0 atom stereocenters. The number of amides is 2. The summed E-state index contributed by atoms with van der Waals surface area (Å²) in [5.74, 6) is 0.979. The van der Waals surface area contributed by atoms with Crippen LogP contribution < -0.4 is 20.2 Å². The number of anilines is 1. The first-order valence-corrected chi connectivity index (χ1v) is 11.5. The minimum atomic E-state index is -0.462. The molecule has 6 nitrogen and oxygen atoms in total. The quantitative estimate of drug-likeness (QED) is 0.221. The van der Waals surface area contributed by atoms with E-state index in [0.29, 0.717) is 41.7 Å². The highest BCUT2D eigenvalue weighted by Crippen LogP contribution is 2.42. The van der Waals surface area contributed by atoms with Gasteiger partial charge in [0.05, 0.1) is 27.8 Å². The van der Waals surface area contributed by atoms with Crippen LogP contribution in [0.4, 0.5) is 10.5 Å². The normalized spacial score (nSPS) is 10.8. The van der Waals surface area contributed by atoms with E-state index in [1.807, 2.05) is 24.3 Å². The van der Waals surface area contributed by atoms with E-state index in [9.17, 15) is 4.79 Å². The molecule has 0 aliphatic rings. The Balaban J connectivity index is 1.71. The summed E-state index contributed by atoms with van der Waals surface area (Å²) in [5, 5.41) is 7.61. The number of methoxy groups -OCH3 is 1. The lowest BCUT2D eigenvalue weighted by Crippen LogP contribution is -2.24. The number of benzene rings is 3. The fraction of sp³-hybridized carbons (Fsp3) is 0.0909. The third-order valence-corrected chi connectivity index (χ3v) is 7.03. The lowest BCUT2D eigenvalue weighted by Gasteiger charge is -2.15. The molecular formula is C22H17Br2Cl2N3O3. The number of hydrazone groups is 1. The van der Waals surface area contributed by atoms with Crippen molar-refractivity contribution in [2.45, 2.75) is 6.61 Å². The molecule has 3 aromatic rings. The largest absolute Gasteiger partial charge is 0.493 e. The molecule has 0 spiro atoms. The molecule has 166 valence electrons. The number of hydrogen-bond acceptors (Lipinski definition) is 4. The Morgan fingerprint density at radius 3 is 2.50 bits per heavy atom. The number of rotatable bonds is 7. The fourth-order valence-electron chi connectivity index (χ4n) is 2.61. The van der Waals surface area contributed by atoms with Crippen LogP contribution in [-0.2, 0) is 6.61 Å². The Morgan fingerprint density at radius 1 is 1.06 bits per heavy atom. The van der Waals surface area contributed by atoms with Crippen molar-refractivity contribution in [3.63, 3.8) is 0 Å². The summed E-state index contributed by atoms with van der Waals surface area (Å²) in [5.41, 5.74) is 4.60. The van der Waals surface area contributed by atoms with Crippen LogP contribution in [0.2, 0.25) is 10.0 Å². The molecule has 0 radical (unpaired) electrons. The molecular weight excluding hydrogens is 585 g/mol. The van der Waals surface area contributed by atoms with E-state index in [1.165, 1.54) is 13.3 Å². The summed E-state index contributed by atoms with van der Waals surface area (Å²) < 4.78 is 12.7. The van der Waals surface area contributed by atoms with E-state index in [1.54, 1.807) is 30.3 Å². The zero-order valence-corrected chi connectivity index (χ0v) is 21.3. The fourth-order valence-corrected chi connectivity index (χ4v) is 3.87. The van der Waals surface area contributed by atoms with E-state index in [4.69, 9.17) is 32.7 Å². The summed E-state index contributed by atoms with van der Waals surface area (Å²) in [7, 11) is 1.54. The lowest BCUT2D eigenvalue weighted by molar-refractivity contribution is 0.252. The van der Waals surface area contributed by atoms with Gasteiger partial charge in [0.1, 0.15) is 6.61 Å². The van der Waals surface area contributed by atoms with Crippen LogP contribution in [-0.4, -0.2) is 19.4 Å². The summed E-state index contributed by atoms with van der Waals surface area (Å²) in [6.45, 7) is 0.257. The van der Waals surface area contributed by atoms with Crippen molar-refractivity contribution in [2.24, 2.45) is 5.10 Å². The van der Waals surface area contributed by atoms with Gasteiger partial charge in [0.15, 0.2) is 11.5 Å². The molecule has 0 aliphatic carbocycles. The smallest absolute Gasteiger partial charge is 0.339 e. The van der Waals surface area contributed by atoms with Gasteiger partial charge in [-0.15, -0.1) is 0 Å². The van der Waals surface area contributed by atoms with Crippen molar-refractivity contribution in [2.75, 3.05) is 12.4 Å². The minimum Gasteiger partial charge on any atom is -0.493 e. The van der Waals surface area contributed by atoms with Crippen molar-refractivity contribution in [1.82, 2.24) is 5.43 Å². The minimum absolute atomic E-state index is 0.257. The van der Waals surface area contributed by atoms with Crippen molar-refractivity contribution < 1.29 is 14.3 Å². The monoisotopic (exact) mass is 599 g/mol. The second-order valence-electron chi connectivity index (χ2n) is 6.35. The number of hydrogen-bond donors (Lipinski definition) is 2. The van der Waals surface area contributed by atoms with Crippen molar-refractivity contribution >= 4 is 73.0 Å². The number of nitrogens with one attached hydrogen (secondary N) is 2. The number of carbonyl (C=O) groups is 1. The summed E-state index contributed by atoms with van der Waals surface area (Å²) in [4.78, 5) is 12.0. The van der Waals surface area contributed by atoms with E-state index in [-0.39, 0.29) is 6.61 Å². The first-order valence-electron chi connectivity index (χ1n) is 9.17. The van der Waals surface area contributed by atoms with E-state index in [2.05, 4.69) is 47.7 Å². The second kappa shape index (κ2) is 11.6. The van der Waals surface area contributed by atoms with E-state index < -0.39 is 6.03 Å². The SMILES string of the molecule is COc1cc(/C=N/NC(=O)Nc2ccccc2)c(Br)c(Br)c1OCc1ccc(Cl)c(Cl)c1. The topological polar surface area (TPSA) is 72.0 Å². The molecule has 0 saturated carbocycles. The number of ether oxygens (including phenoxy) is 2. The van der Waals surface area contributed by atoms with E-state index in [0.717, 1.165) is 5.56 Å². The van der Waals surface area contributed by atoms with Crippen LogP contribution in [0.5, 0.6) is 11.5 Å². The average molecular weight is 602 g/mol. The highest BCUT2D eigenvalue weighted by molar-refractivity contribution is 9.13. The van der Waals surface area contributed by atoms with Crippen molar-refractivity contribution in [3.8, 4) is 11.5 Å². The number of para-hydroxylation sites is 1. The molecule has 0 unspecified atom stereocenters. The van der Waals surface area contributed by atoms with Gasteiger partial charge < -0.3 is 14.8 Å². The standard InChI is InChI=1S/C22H17Br2Cl2N3O3/c1-31-18-10-14(11-27-29-22(30)28-15-5-3-2-4-6-15)19(23)20(24)21(18)32-12-13-7-8-16(25)17(26)9-13/h2-11H,12H2,1H3,(H2,28,29,30)/b27-11+. The molecule has 2 N–H and O–H groups in total. The first-order chi connectivity index (χ1) is 15.4. The van der Waals surface area contributed by atoms with Gasteiger partial charge in [0.2, 0.25) is 0 Å². The molecule has 3 rings (SSSR count). The van der Waals surface area contributed by atoms with Gasteiger partial charge in [-0.1, -0.05) is 47.5 Å². The maximum atomic E-state index is 12.0. The van der Waals surface area contributed by atoms with Crippen molar-refractivity contribution in [3.05, 3.63) is 84.7 Å². The molecule has 0 aliphatic heterocycles. The average Bonchev–Trinajstić information content (AvgIpc) is 2.78. The molecule has 0 bridgehead atoms. The molecule has 3 aromatic carbocycles. The molecule has 0 fully saturated rings. The molecule has 2 amide bonds. The molecule has 32 heavy (non-hydrogen) atoms. The summed E-state index contributed by atoms with van der Waals surface area (Å²) in [6.07, 6.45) is 1.49. The van der Waals surface area contributed by atoms with Crippen molar-refractivity contribution in [1.29, 1.82) is 0 Å². The molecule has 0 aromatic heterocycles.